The van der Waals surface area contributed by atoms with E-state index in [9.17, 15) is 4.79 Å². The quantitative estimate of drug-likeness (QED) is 0.733. The number of carbonyl (C=O) groups is 1. The zero-order valence-electron chi connectivity index (χ0n) is 11.0. The molecule has 2 heteroatoms. The zero-order chi connectivity index (χ0) is 12.7. The Morgan fingerprint density at radius 3 is 2.29 bits per heavy atom. The highest BCUT2D eigenvalue weighted by Crippen LogP contribution is 2.10. The van der Waals surface area contributed by atoms with Gasteiger partial charge in [0, 0.05) is 6.42 Å². The molecule has 0 spiro atoms. The molecule has 0 saturated heterocycles. The molecule has 0 fully saturated rings. The lowest BCUT2D eigenvalue weighted by molar-refractivity contribution is -0.116. The molecular weight excluding hydrogens is 228 g/mol. The number of hydrogen-bond donors (Lipinski definition) is 0. The van der Waals surface area contributed by atoms with Crippen LogP contribution in [0.5, 0.6) is 0 Å². The van der Waals surface area contributed by atoms with Crippen molar-refractivity contribution in [2.75, 3.05) is 11.5 Å². The first-order valence-electron chi connectivity index (χ1n) is 6.29. The van der Waals surface area contributed by atoms with E-state index in [-0.39, 0.29) is 0 Å². The summed E-state index contributed by atoms with van der Waals surface area (Å²) in [6.07, 6.45) is 1.63. The summed E-state index contributed by atoms with van der Waals surface area (Å²) in [4.78, 5) is 11.7. The van der Waals surface area contributed by atoms with E-state index in [2.05, 4.69) is 45.0 Å². The van der Waals surface area contributed by atoms with Gasteiger partial charge in [0.15, 0.2) is 0 Å². The van der Waals surface area contributed by atoms with Gasteiger partial charge in [-0.3, -0.25) is 4.79 Å². The van der Waals surface area contributed by atoms with Gasteiger partial charge < -0.3 is 0 Å². The molecule has 0 aliphatic heterocycles. The largest absolute Gasteiger partial charge is 0.298 e. The number of Topliss-reactive ketones (excluding diaryl/α,β-unsaturated/α-hetero) is 1. The molecule has 0 saturated carbocycles. The first-order chi connectivity index (χ1) is 8.11. The van der Waals surface area contributed by atoms with E-state index in [4.69, 9.17) is 0 Å². The number of thioether (sulfide) groups is 1. The highest BCUT2D eigenvalue weighted by Gasteiger charge is 2.04. The standard InChI is InChI=1S/C15H22OS/c1-4-13-5-7-14(8-6-13)9-15(16)11-17-10-12(2)3/h5-8,12H,4,9-11H2,1-3H3. The van der Waals surface area contributed by atoms with E-state index in [1.165, 1.54) is 5.56 Å². The molecule has 0 aromatic heterocycles. The van der Waals surface area contributed by atoms with Crippen molar-refractivity contribution < 1.29 is 4.79 Å². The van der Waals surface area contributed by atoms with Crippen molar-refractivity contribution in [2.24, 2.45) is 5.92 Å². The topological polar surface area (TPSA) is 17.1 Å². The molecule has 0 unspecified atom stereocenters. The molecule has 0 atom stereocenters. The van der Waals surface area contributed by atoms with Crippen molar-refractivity contribution in [1.82, 2.24) is 0 Å². The zero-order valence-corrected chi connectivity index (χ0v) is 11.8. The monoisotopic (exact) mass is 250 g/mol. The number of ketones is 1. The Hall–Kier alpha value is -0.760. The van der Waals surface area contributed by atoms with Crippen LogP contribution in [0.25, 0.3) is 0 Å². The molecule has 0 bridgehead atoms. The summed E-state index contributed by atoms with van der Waals surface area (Å²) < 4.78 is 0. The molecule has 1 rings (SSSR count). The lowest BCUT2D eigenvalue weighted by Gasteiger charge is -2.05. The molecule has 0 heterocycles. The van der Waals surface area contributed by atoms with E-state index in [1.54, 1.807) is 11.8 Å². The highest BCUT2D eigenvalue weighted by atomic mass is 32.2. The fourth-order valence-corrected chi connectivity index (χ4v) is 2.50. The van der Waals surface area contributed by atoms with Crippen LogP contribution in [0.2, 0.25) is 0 Å². The number of rotatable bonds is 7. The van der Waals surface area contributed by atoms with Crippen LogP contribution in [-0.2, 0) is 17.6 Å². The van der Waals surface area contributed by atoms with Crippen LogP contribution < -0.4 is 0 Å². The predicted molar refractivity (Wildman–Crippen MR) is 76.7 cm³/mol. The van der Waals surface area contributed by atoms with E-state index >= 15 is 0 Å². The first kappa shape index (κ1) is 14.3. The summed E-state index contributed by atoms with van der Waals surface area (Å²) in [7, 11) is 0. The predicted octanol–water partition coefficient (Wildman–Crippen LogP) is 3.75. The van der Waals surface area contributed by atoms with E-state index in [0.717, 1.165) is 17.7 Å². The third-order valence-electron chi connectivity index (χ3n) is 2.55. The van der Waals surface area contributed by atoms with Crippen molar-refractivity contribution in [3.05, 3.63) is 35.4 Å². The van der Waals surface area contributed by atoms with Crippen LogP contribution in [0.3, 0.4) is 0 Å². The van der Waals surface area contributed by atoms with E-state index in [0.29, 0.717) is 23.9 Å². The van der Waals surface area contributed by atoms with Crippen LogP contribution >= 0.6 is 11.8 Å². The van der Waals surface area contributed by atoms with Crippen molar-refractivity contribution >= 4 is 17.5 Å². The summed E-state index contributed by atoms with van der Waals surface area (Å²) >= 11 is 1.75. The Kier molecular flexibility index (Phi) is 6.35. The molecule has 94 valence electrons. The van der Waals surface area contributed by atoms with Gasteiger partial charge in [0.25, 0.3) is 0 Å². The maximum Gasteiger partial charge on any atom is 0.147 e. The van der Waals surface area contributed by atoms with Gasteiger partial charge in [0.1, 0.15) is 5.78 Å². The summed E-state index contributed by atoms with van der Waals surface area (Å²) in [6.45, 7) is 6.50. The minimum Gasteiger partial charge on any atom is -0.298 e. The van der Waals surface area contributed by atoms with Crippen LogP contribution in [0.1, 0.15) is 31.9 Å². The summed E-state index contributed by atoms with van der Waals surface area (Å²) in [5.41, 5.74) is 2.47. The Morgan fingerprint density at radius 1 is 1.18 bits per heavy atom. The van der Waals surface area contributed by atoms with E-state index in [1.807, 2.05) is 0 Å². The Balaban J connectivity index is 2.34. The van der Waals surface area contributed by atoms with Gasteiger partial charge in [0.05, 0.1) is 5.75 Å². The minimum absolute atomic E-state index is 0.333. The Morgan fingerprint density at radius 2 is 1.76 bits per heavy atom. The van der Waals surface area contributed by atoms with Crippen LogP contribution in [0, 0.1) is 5.92 Å². The SMILES string of the molecule is CCc1ccc(CC(=O)CSCC(C)C)cc1. The molecule has 1 aromatic carbocycles. The second-order valence-corrected chi connectivity index (χ2v) is 5.82. The van der Waals surface area contributed by atoms with Gasteiger partial charge >= 0.3 is 0 Å². The maximum absolute atomic E-state index is 11.7. The van der Waals surface area contributed by atoms with Crippen LogP contribution in [0.15, 0.2) is 24.3 Å². The summed E-state index contributed by atoms with van der Waals surface area (Å²) in [5.74, 6) is 2.71. The number of aryl methyl sites for hydroxylation is 1. The molecular formula is C15H22OS. The van der Waals surface area contributed by atoms with Crippen LogP contribution in [0.4, 0.5) is 0 Å². The van der Waals surface area contributed by atoms with Crippen molar-refractivity contribution in [3.63, 3.8) is 0 Å². The van der Waals surface area contributed by atoms with Crippen LogP contribution in [-0.4, -0.2) is 17.3 Å². The van der Waals surface area contributed by atoms with Gasteiger partial charge in [-0.25, -0.2) is 0 Å². The van der Waals surface area contributed by atoms with Gasteiger partial charge in [0.2, 0.25) is 0 Å². The Labute approximate surface area is 109 Å². The van der Waals surface area contributed by atoms with Crippen molar-refractivity contribution in [3.8, 4) is 0 Å². The smallest absolute Gasteiger partial charge is 0.147 e. The molecule has 1 aromatic rings. The minimum atomic E-state index is 0.333. The number of carbonyl (C=O) groups excluding carboxylic acids is 1. The van der Waals surface area contributed by atoms with Crippen molar-refractivity contribution in [1.29, 1.82) is 0 Å². The van der Waals surface area contributed by atoms with E-state index < -0.39 is 0 Å². The molecule has 17 heavy (non-hydrogen) atoms. The maximum atomic E-state index is 11.7. The lowest BCUT2D eigenvalue weighted by atomic mass is 10.1. The van der Waals surface area contributed by atoms with Crippen molar-refractivity contribution in [2.45, 2.75) is 33.6 Å². The highest BCUT2D eigenvalue weighted by molar-refractivity contribution is 7.99. The van der Waals surface area contributed by atoms with Gasteiger partial charge in [-0.15, -0.1) is 0 Å². The number of hydrogen-bond acceptors (Lipinski definition) is 2. The third-order valence-corrected chi connectivity index (χ3v) is 3.98. The molecule has 0 N–H and O–H groups in total. The average molecular weight is 250 g/mol. The summed E-state index contributed by atoms with van der Waals surface area (Å²) in [6, 6.07) is 8.38. The number of benzene rings is 1. The Bertz CT molecular complexity index is 340. The molecule has 0 radical (unpaired) electrons. The second-order valence-electron chi connectivity index (χ2n) is 4.79. The van der Waals surface area contributed by atoms with Gasteiger partial charge in [-0.05, 0) is 29.2 Å². The van der Waals surface area contributed by atoms with Gasteiger partial charge in [-0.2, -0.15) is 11.8 Å². The third kappa shape index (κ3) is 5.92. The molecule has 1 nitrogen and oxygen atoms in total. The second kappa shape index (κ2) is 7.54. The summed E-state index contributed by atoms with van der Waals surface area (Å²) in [5, 5.41) is 0. The molecule has 0 amide bonds. The normalized spacial score (nSPS) is 10.8. The lowest BCUT2D eigenvalue weighted by Crippen LogP contribution is -2.07. The molecule has 0 aliphatic carbocycles. The van der Waals surface area contributed by atoms with Gasteiger partial charge in [-0.1, -0.05) is 45.0 Å². The average Bonchev–Trinajstić information content (AvgIpc) is 2.29. The molecule has 0 aliphatic rings. The fourth-order valence-electron chi connectivity index (χ4n) is 1.58. The fraction of sp³-hybridized carbons (Fsp3) is 0.533. The first-order valence-corrected chi connectivity index (χ1v) is 7.44.